The maximum absolute atomic E-state index is 5.86. The van der Waals surface area contributed by atoms with Crippen molar-refractivity contribution in [2.45, 2.75) is 5.92 Å². The highest BCUT2D eigenvalue weighted by Crippen LogP contribution is 2.28. The Labute approximate surface area is 103 Å². The molecule has 4 heteroatoms. The Bertz CT molecular complexity index is 479. The number of nitrogens with zero attached hydrogens (tertiary/aromatic N) is 2. The molecule has 16 heavy (non-hydrogen) atoms. The molecule has 84 valence electrons. The van der Waals surface area contributed by atoms with Crippen molar-refractivity contribution in [3.05, 3.63) is 52.5 Å². The Balaban J connectivity index is 2.45. The number of aromatic nitrogens is 2. The monoisotopic (exact) mass is 279 g/mol. The third-order valence-corrected chi connectivity index (χ3v) is 3.41. The number of hydrogen-bond acceptors (Lipinski definition) is 2. The second-order valence-electron chi connectivity index (χ2n) is 3.71. The van der Waals surface area contributed by atoms with Gasteiger partial charge in [-0.25, -0.2) is 4.98 Å². The van der Waals surface area contributed by atoms with E-state index < -0.39 is 0 Å². The largest absolute Gasteiger partial charge is 0.337 e. The van der Waals surface area contributed by atoms with Gasteiger partial charge in [0.2, 0.25) is 0 Å². The fraction of sp³-hybridized carbons (Fsp3) is 0.250. The van der Waals surface area contributed by atoms with Crippen LogP contribution in [0.4, 0.5) is 0 Å². The van der Waals surface area contributed by atoms with Gasteiger partial charge in [0, 0.05) is 30.5 Å². The van der Waals surface area contributed by atoms with Crippen LogP contribution in [0.2, 0.25) is 0 Å². The van der Waals surface area contributed by atoms with E-state index in [1.54, 1.807) is 6.20 Å². The van der Waals surface area contributed by atoms with E-state index in [0.717, 1.165) is 10.3 Å². The molecule has 0 fully saturated rings. The molecule has 1 heterocycles. The minimum absolute atomic E-state index is 0.135. The Morgan fingerprint density at radius 1 is 1.44 bits per heavy atom. The molecule has 0 aliphatic carbocycles. The van der Waals surface area contributed by atoms with Crippen molar-refractivity contribution in [3.8, 4) is 0 Å². The van der Waals surface area contributed by atoms with Crippen LogP contribution < -0.4 is 5.73 Å². The van der Waals surface area contributed by atoms with E-state index in [1.807, 2.05) is 36.0 Å². The maximum Gasteiger partial charge on any atom is 0.117 e. The van der Waals surface area contributed by atoms with Crippen LogP contribution in [0.5, 0.6) is 0 Å². The van der Waals surface area contributed by atoms with Gasteiger partial charge in [-0.2, -0.15) is 0 Å². The van der Waals surface area contributed by atoms with Gasteiger partial charge in [0.05, 0.1) is 5.92 Å². The van der Waals surface area contributed by atoms with Gasteiger partial charge >= 0.3 is 0 Å². The molecule has 1 aromatic carbocycles. The van der Waals surface area contributed by atoms with E-state index in [2.05, 4.69) is 27.0 Å². The summed E-state index contributed by atoms with van der Waals surface area (Å²) in [6.07, 6.45) is 3.74. The molecular formula is C12H14BrN3. The third-order valence-electron chi connectivity index (χ3n) is 2.69. The Morgan fingerprint density at radius 2 is 2.19 bits per heavy atom. The summed E-state index contributed by atoms with van der Waals surface area (Å²) in [7, 11) is 1.99. The van der Waals surface area contributed by atoms with Gasteiger partial charge in [0.15, 0.2) is 0 Å². The lowest BCUT2D eigenvalue weighted by molar-refractivity contribution is 0.696. The van der Waals surface area contributed by atoms with Crippen LogP contribution in [-0.4, -0.2) is 16.1 Å². The van der Waals surface area contributed by atoms with Crippen molar-refractivity contribution >= 4 is 15.9 Å². The van der Waals surface area contributed by atoms with Gasteiger partial charge in [0.25, 0.3) is 0 Å². The lowest BCUT2D eigenvalue weighted by atomic mass is 9.98. The van der Waals surface area contributed by atoms with Gasteiger partial charge in [-0.05, 0) is 11.6 Å². The first kappa shape index (κ1) is 11.4. The van der Waals surface area contributed by atoms with Crippen LogP contribution in [0.1, 0.15) is 17.3 Å². The van der Waals surface area contributed by atoms with Crippen LogP contribution >= 0.6 is 15.9 Å². The number of nitrogens with two attached hydrogens (primary N) is 1. The van der Waals surface area contributed by atoms with E-state index in [0.29, 0.717) is 6.54 Å². The normalized spacial score (nSPS) is 12.7. The summed E-state index contributed by atoms with van der Waals surface area (Å²) in [4.78, 5) is 4.37. The second kappa shape index (κ2) is 4.80. The molecule has 0 saturated carbocycles. The SMILES string of the molecule is Cn1ccnc1C(CN)c1ccccc1Br. The zero-order valence-electron chi connectivity index (χ0n) is 9.10. The summed E-state index contributed by atoms with van der Waals surface area (Å²) in [6, 6.07) is 8.13. The number of rotatable bonds is 3. The first-order valence-corrected chi connectivity index (χ1v) is 5.95. The van der Waals surface area contributed by atoms with Crippen molar-refractivity contribution in [3.63, 3.8) is 0 Å². The molecule has 0 aliphatic rings. The first-order chi connectivity index (χ1) is 7.74. The van der Waals surface area contributed by atoms with Crippen molar-refractivity contribution < 1.29 is 0 Å². The van der Waals surface area contributed by atoms with Gasteiger partial charge in [-0.1, -0.05) is 34.1 Å². The van der Waals surface area contributed by atoms with E-state index in [-0.39, 0.29) is 5.92 Å². The van der Waals surface area contributed by atoms with Gasteiger partial charge in [-0.3, -0.25) is 0 Å². The summed E-state index contributed by atoms with van der Waals surface area (Å²) >= 11 is 3.56. The second-order valence-corrected chi connectivity index (χ2v) is 4.56. The highest BCUT2D eigenvalue weighted by Gasteiger charge is 2.18. The average Bonchev–Trinajstić information content (AvgIpc) is 2.69. The lowest BCUT2D eigenvalue weighted by Crippen LogP contribution is -2.18. The Hall–Kier alpha value is -1.13. The molecular weight excluding hydrogens is 266 g/mol. The Kier molecular flexibility index (Phi) is 3.41. The standard InChI is InChI=1S/C12H14BrN3/c1-16-7-6-15-12(16)10(8-14)9-4-2-3-5-11(9)13/h2-7,10H,8,14H2,1H3. The lowest BCUT2D eigenvalue weighted by Gasteiger charge is -2.16. The summed E-state index contributed by atoms with van der Waals surface area (Å²) in [5.41, 5.74) is 7.04. The topological polar surface area (TPSA) is 43.8 Å². The smallest absolute Gasteiger partial charge is 0.117 e. The number of aryl methyl sites for hydroxylation is 1. The highest BCUT2D eigenvalue weighted by atomic mass is 79.9. The minimum Gasteiger partial charge on any atom is -0.337 e. The summed E-state index contributed by atoms with van der Waals surface area (Å²) in [6.45, 7) is 0.549. The molecule has 0 bridgehead atoms. The van der Waals surface area contributed by atoms with Crippen molar-refractivity contribution in [1.29, 1.82) is 0 Å². The molecule has 1 aromatic heterocycles. The van der Waals surface area contributed by atoms with E-state index in [1.165, 1.54) is 5.56 Å². The van der Waals surface area contributed by atoms with Crippen molar-refractivity contribution in [1.82, 2.24) is 9.55 Å². The molecule has 0 saturated heterocycles. The number of benzene rings is 1. The van der Waals surface area contributed by atoms with Crippen molar-refractivity contribution in [2.75, 3.05) is 6.54 Å². The molecule has 0 radical (unpaired) electrons. The quantitative estimate of drug-likeness (QED) is 0.937. The molecule has 2 aromatic rings. The highest BCUT2D eigenvalue weighted by molar-refractivity contribution is 9.10. The predicted molar refractivity (Wildman–Crippen MR) is 68.2 cm³/mol. The molecule has 0 spiro atoms. The molecule has 0 aliphatic heterocycles. The Morgan fingerprint density at radius 3 is 2.75 bits per heavy atom. The minimum atomic E-state index is 0.135. The average molecular weight is 280 g/mol. The predicted octanol–water partition coefficient (Wildman–Crippen LogP) is 2.27. The molecule has 0 amide bonds. The molecule has 1 atom stereocenters. The fourth-order valence-electron chi connectivity index (χ4n) is 1.84. The molecule has 2 rings (SSSR count). The number of hydrogen-bond donors (Lipinski definition) is 1. The van der Waals surface area contributed by atoms with Crippen LogP contribution in [-0.2, 0) is 7.05 Å². The van der Waals surface area contributed by atoms with Crippen LogP contribution in [0, 0.1) is 0 Å². The summed E-state index contributed by atoms with van der Waals surface area (Å²) in [5.74, 6) is 1.13. The maximum atomic E-state index is 5.86. The zero-order chi connectivity index (χ0) is 11.5. The molecule has 2 N–H and O–H groups in total. The van der Waals surface area contributed by atoms with Crippen molar-refractivity contribution in [2.24, 2.45) is 12.8 Å². The van der Waals surface area contributed by atoms with Crippen LogP contribution in [0.25, 0.3) is 0 Å². The van der Waals surface area contributed by atoms with E-state index in [4.69, 9.17) is 5.73 Å². The number of halogens is 1. The fourth-order valence-corrected chi connectivity index (χ4v) is 2.40. The summed E-state index contributed by atoms with van der Waals surface area (Å²) in [5, 5.41) is 0. The molecule has 1 unspecified atom stereocenters. The number of imidazole rings is 1. The van der Waals surface area contributed by atoms with E-state index in [9.17, 15) is 0 Å². The van der Waals surface area contributed by atoms with Crippen LogP contribution in [0.15, 0.2) is 41.1 Å². The third kappa shape index (κ3) is 2.03. The first-order valence-electron chi connectivity index (χ1n) is 5.15. The summed E-state index contributed by atoms with van der Waals surface area (Å²) < 4.78 is 3.09. The zero-order valence-corrected chi connectivity index (χ0v) is 10.7. The van der Waals surface area contributed by atoms with Gasteiger partial charge in [-0.15, -0.1) is 0 Å². The van der Waals surface area contributed by atoms with Gasteiger partial charge in [0.1, 0.15) is 5.82 Å². The molecule has 3 nitrogen and oxygen atoms in total. The van der Waals surface area contributed by atoms with Crippen LogP contribution in [0.3, 0.4) is 0 Å². The van der Waals surface area contributed by atoms with Gasteiger partial charge < -0.3 is 10.3 Å². The van der Waals surface area contributed by atoms with E-state index >= 15 is 0 Å².